The van der Waals surface area contributed by atoms with Gasteiger partial charge in [0.15, 0.2) is 0 Å². The molecule has 7 nitrogen and oxygen atoms in total. The van der Waals surface area contributed by atoms with Gasteiger partial charge in [0.25, 0.3) is 5.56 Å². The number of aromatic nitrogens is 1. The number of hydrogen-bond acceptors (Lipinski definition) is 6. The van der Waals surface area contributed by atoms with E-state index in [1.54, 1.807) is 6.92 Å². The number of benzene rings is 2. The average Bonchev–Trinajstić information content (AvgIpc) is 2.91. The molecule has 0 radical (unpaired) electrons. The Labute approximate surface area is 246 Å². The quantitative estimate of drug-likeness (QED) is 0.248. The van der Waals surface area contributed by atoms with Crippen LogP contribution < -0.4 is 21.1 Å². The molecule has 0 spiro atoms. The molecule has 3 aromatic rings. The van der Waals surface area contributed by atoms with Crippen LogP contribution in [0.15, 0.2) is 47.3 Å². The van der Waals surface area contributed by atoms with Crippen molar-refractivity contribution in [3.05, 3.63) is 86.3 Å². The number of nitrogens with one attached hydrogen (secondary N) is 3. The van der Waals surface area contributed by atoms with E-state index in [1.807, 2.05) is 19.9 Å². The van der Waals surface area contributed by atoms with Crippen LogP contribution in [0, 0.1) is 20.8 Å². The minimum Gasteiger partial charge on any atom is -0.379 e. The van der Waals surface area contributed by atoms with Gasteiger partial charge in [0, 0.05) is 55.7 Å². The summed E-state index contributed by atoms with van der Waals surface area (Å²) in [6.07, 6.45) is 3.83. The first-order valence-electron chi connectivity index (χ1n) is 15.0. The predicted octanol–water partition coefficient (Wildman–Crippen LogP) is 4.99. The normalized spacial score (nSPS) is 18.1. The average molecular weight is 560 g/mol. The zero-order valence-electron chi connectivity index (χ0n) is 26.0. The molecule has 0 saturated heterocycles. The van der Waals surface area contributed by atoms with Crippen molar-refractivity contribution in [3.8, 4) is 11.1 Å². The summed E-state index contributed by atoms with van der Waals surface area (Å²) in [7, 11) is 6.41. The molecule has 222 valence electrons. The van der Waals surface area contributed by atoms with Gasteiger partial charge in [-0.1, -0.05) is 24.3 Å². The number of hydrogen-bond donors (Lipinski definition) is 4. The van der Waals surface area contributed by atoms with E-state index in [-0.39, 0.29) is 5.56 Å². The molecule has 4 rings (SSSR count). The first kappa shape index (κ1) is 31.0. The lowest BCUT2D eigenvalue weighted by Gasteiger charge is -2.38. The maximum Gasteiger partial charge on any atom is 0.252 e. The van der Waals surface area contributed by atoms with Crippen molar-refractivity contribution >= 4 is 5.69 Å². The highest BCUT2D eigenvalue weighted by atomic mass is 16.3. The molecule has 0 bridgehead atoms. The summed E-state index contributed by atoms with van der Waals surface area (Å²) in [5, 5.41) is 16.6. The molecule has 1 saturated carbocycles. The van der Waals surface area contributed by atoms with Gasteiger partial charge in [-0.25, -0.2) is 0 Å². The molecule has 1 aromatic heterocycles. The van der Waals surface area contributed by atoms with Crippen LogP contribution >= 0.6 is 0 Å². The second-order valence-electron chi connectivity index (χ2n) is 12.2. The lowest BCUT2D eigenvalue weighted by Crippen LogP contribution is -2.43. The van der Waals surface area contributed by atoms with E-state index in [9.17, 15) is 9.90 Å². The van der Waals surface area contributed by atoms with E-state index in [0.717, 1.165) is 49.0 Å². The van der Waals surface area contributed by atoms with Gasteiger partial charge in [-0.2, -0.15) is 0 Å². The highest BCUT2D eigenvalue weighted by Crippen LogP contribution is 2.34. The minimum atomic E-state index is -0.466. The summed E-state index contributed by atoms with van der Waals surface area (Å²) in [6, 6.07) is 16.4. The highest BCUT2D eigenvalue weighted by molar-refractivity contribution is 5.73. The summed E-state index contributed by atoms with van der Waals surface area (Å²) in [5.41, 5.74) is 10.2. The molecule has 41 heavy (non-hydrogen) atoms. The van der Waals surface area contributed by atoms with Gasteiger partial charge in [0.05, 0.1) is 0 Å². The number of aliphatic hydroxyl groups excluding tert-OH is 1. The molecule has 1 unspecified atom stereocenters. The van der Waals surface area contributed by atoms with Crippen LogP contribution in [-0.2, 0) is 19.6 Å². The number of anilines is 1. The van der Waals surface area contributed by atoms with Crippen molar-refractivity contribution in [2.24, 2.45) is 0 Å². The van der Waals surface area contributed by atoms with Crippen molar-refractivity contribution in [2.75, 3.05) is 26.0 Å². The van der Waals surface area contributed by atoms with Gasteiger partial charge < -0.3 is 25.2 Å². The van der Waals surface area contributed by atoms with Gasteiger partial charge in [-0.3, -0.25) is 10.1 Å². The van der Waals surface area contributed by atoms with Crippen molar-refractivity contribution in [1.29, 1.82) is 0 Å². The van der Waals surface area contributed by atoms with Gasteiger partial charge in [-0.15, -0.1) is 0 Å². The van der Waals surface area contributed by atoms with Crippen LogP contribution in [0.2, 0.25) is 0 Å². The van der Waals surface area contributed by atoms with Gasteiger partial charge in [-0.05, 0) is 119 Å². The number of aryl methyl sites for hydroxylation is 2. The topological polar surface area (TPSA) is 83.6 Å². The second-order valence-corrected chi connectivity index (χ2v) is 12.2. The zero-order chi connectivity index (χ0) is 29.7. The van der Waals surface area contributed by atoms with Gasteiger partial charge in [0.2, 0.25) is 0 Å². The van der Waals surface area contributed by atoms with Crippen molar-refractivity contribution in [1.82, 2.24) is 20.5 Å². The number of nitrogens with zero attached hydrogens (tertiary/aromatic N) is 2. The first-order valence-corrected chi connectivity index (χ1v) is 15.0. The molecule has 0 aliphatic heterocycles. The Morgan fingerprint density at radius 3 is 2.24 bits per heavy atom. The van der Waals surface area contributed by atoms with Crippen LogP contribution in [-0.4, -0.2) is 54.4 Å². The SMILES string of the molecule is Cc1cc(C)c(CNCc2cc(-c3ccc(CN(C)C)cc3)cc(N(C)C3CCC(NC(C)O)CC3)c2C)c(=O)[nH]1. The summed E-state index contributed by atoms with van der Waals surface area (Å²) in [5.74, 6) is 0. The number of aliphatic hydroxyl groups is 1. The standard InChI is InChI=1S/C34H49N5O2/c1-22-16-23(2)36-34(41)32(22)20-35-19-29-17-28(27-10-8-26(9-11-27)21-38(5)6)18-33(24(29)3)39(7)31-14-12-30(13-15-31)37-25(4)40/h8-11,16-18,25,30-31,35,37,40H,12-15,19-21H2,1-7H3,(H,36,41). The molecule has 2 aromatic carbocycles. The molecular weight excluding hydrogens is 510 g/mol. The van der Waals surface area contributed by atoms with Gasteiger partial charge in [0.1, 0.15) is 6.23 Å². The minimum absolute atomic E-state index is 0.0145. The molecule has 1 heterocycles. The molecule has 4 N–H and O–H groups in total. The molecule has 1 atom stereocenters. The molecule has 1 aliphatic carbocycles. The van der Waals surface area contributed by atoms with Gasteiger partial charge >= 0.3 is 0 Å². The molecule has 1 aliphatic rings. The fourth-order valence-corrected chi connectivity index (χ4v) is 6.23. The van der Waals surface area contributed by atoms with E-state index in [2.05, 4.69) is 89.9 Å². The largest absolute Gasteiger partial charge is 0.379 e. The molecule has 7 heteroatoms. The molecular formula is C34H49N5O2. The van der Waals surface area contributed by atoms with E-state index in [0.29, 0.717) is 25.2 Å². The maximum absolute atomic E-state index is 12.6. The van der Waals surface area contributed by atoms with E-state index >= 15 is 0 Å². The van der Waals surface area contributed by atoms with Crippen LogP contribution in [0.3, 0.4) is 0 Å². The molecule has 0 amide bonds. The van der Waals surface area contributed by atoms with Crippen LogP contribution in [0.4, 0.5) is 5.69 Å². The summed E-state index contributed by atoms with van der Waals surface area (Å²) in [4.78, 5) is 20.2. The predicted molar refractivity (Wildman–Crippen MR) is 170 cm³/mol. The fourth-order valence-electron chi connectivity index (χ4n) is 6.23. The van der Waals surface area contributed by atoms with E-state index in [1.165, 1.54) is 33.5 Å². The van der Waals surface area contributed by atoms with E-state index in [4.69, 9.17) is 0 Å². The van der Waals surface area contributed by atoms with E-state index < -0.39 is 6.23 Å². The Hall–Kier alpha value is -2.97. The Morgan fingerprint density at radius 2 is 1.63 bits per heavy atom. The third kappa shape index (κ3) is 8.07. The maximum atomic E-state index is 12.6. The summed E-state index contributed by atoms with van der Waals surface area (Å²) in [6.45, 7) is 10.1. The van der Waals surface area contributed by atoms with Crippen molar-refractivity contribution in [3.63, 3.8) is 0 Å². The zero-order valence-corrected chi connectivity index (χ0v) is 26.0. The monoisotopic (exact) mass is 559 g/mol. The third-order valence-electron chi connectivity index (χ3n) is 8.49. The smallest absolute Gasteiger partial charge is 0.252 e. The summed E-state index contributed by atoms with van der Waals surface area (Å²) >= 11 is 0. The third-order valence-corrected chi connectivity index (χ3v) is 8.49. The lowest BCUT2D eigenvalue weighted by molar-refractivity contribution is 0.128. The summed E-state index contributed by atoms with van der Waals surface area (Å²) < 4.78 is 0. The number of pyridine rings is 1. The lowest BCUT2D eigenvalue weighted by atomic mass is 9.89. The van der Waals surface area contributed by atoms with Crippen LogP contribution in [0.1, 0.15) is 66.1 Å². The van der Waals surface area contributed by atoms with Crippen molar-refractivity contribution in [2.45, 2.75) is 91.3 Å². The number of aromatic amines is 1. The Kier molecular flexibility index (Phi) is 10.4. The highest BCUT2D eigenvalue weighted by Gasteiger charge is 2.26. The molecule has 1 fully saturated rings. The first-order chi connectivity index (χ1) is 19.5. The second kappa shape index (κ2) is 13.8. The van der Waals surface area contributed by atoms with Crippen LogP contribution in [0.5, 0.6) is 0 Å². The Morgan fingerprint density at radius 1 is 0.951 bits per heavy atom. The Balaban J connectivity index is 1.60. The number of H-pyrrole nitrogens is 1. The number of rotatable bonds is 11. The Bertz CT molecular complexity index is 1350. The van der Waals surface area contributed by atoms with Crippen LogP contribution in [0.25, 0.3) is 11.1 Å². The van der Waals surface area contributed by atoms with Crippen molar-refractivity contribution < 1.29 is 5.11 Å². The fraction of sp³-hybridized carbons (Fsp3) is 0.500.